The molecule has 0 aliphatic carbocycles. The van der Waals surface area contributed by atoms with E-state index in [9.17, 15) is 9.59 Å². The maximum Gasteiger partial charge on any atom is 0.347 e. The molecule has 2 aromatic rings. The van der Waals surface area contributed by atoms with Gasteiger partial charge in [-0.1, -0.05) is 11.6 Å². The van der Waals surface area contributed by atoms with E-state index in [4.69, 9.17) is 35.3 Å². The molecule has 4 rings (SSSR count). The first-order valence-corrected chi connectivity index (χ1v) is 9.78. The fourth-order valence-electron chi connectivity index (χ4n) is 3.21. The summed E-state index contributed by atoms with van der Waals surface area (Å²) in [6.07, 6.45) is 0.813. The van der Waals surface area contributed by atoms with Gasteiger partial charge in [0.25, 0.3) is 0 Å². The second kappa shape index (κ2) is 8.38. The minimum Gasteiger partial charge on any atom is -0.479 e. The first-order valence-electron chi connectivity index (χ1n) is 9.41. The van der Waals surface area contributed by atoms with E-state index >= 15 is 0 Å². The molecule has 2 aliphatic rings. The predicted octanol–water partition coefficient (Wildman–Crippen LogP) is 4.15. The Morgan fingerprint density at radius 1 is 1.30 bits per heavy atom. The molecule has 0 saturated heterocycles. The lowest BCUT2D eigenvalue weighted by atomic mass is 10.1. The average Bonchev–Trinajstić information content (AvgIpc) is 3.02. The number of hydrogen-bond acceptors (Lipinski definition) is 7. The Kier molecular flexibility index (Phi) is 5.65. The molecule has 0 unspecified atom stereocenters. The minimum atomic E-state index is -0.785. The van der Waals surface area contributed by atoms with E-state index in [2.05, 4.69) is 0 Å². The van der Waals surface area contributed by atoms with Crippen LogP contribution in [-0.2, 0) is 20.9 Å². The van der Waals surface area contributed by atoms with Crippen molar-refractivity contribution >= 4 is 29.4 Å². The van der Waals surface area contributed by atoms with Gasteiger partial charge in [-0.25, -0.2) is 4.79 Å². The SMILES string of the molecule is CCOC(=O)[C@@H](C)Oc1ccc2c(c1)OC(=Cc1cc(Cl)cc3c1OCOC3)C2=O. The quantitative estimate of drug-likeness (QED) is 0.520. The molecular formula is C22H19ClO7. The standard InChI is InChI=1S/C22H19ClO7/c1-3-27-22(25)12(2)29-16-4-5-17-18(9-16)30-19(20(17)24)8-13-6-15(23)7-14-10-26-11-28-21(13)14/h4-9,12H,3,10-11H2,1-2H3/t12-/m1/s1. The van der Waals surface area contributed by atoms with E-state index in [-0.39, 0.29) is 24.9 Å². The van der Waals surface area contributed by atoms with Crippen molar-refractivity contribution in [3.8, 4) is 17.2 Å². The van der Waals surface area contributed by atoms with Crippen molar-refractivity contribution in [2.24, 2.45) is 0 Å². The highest BCUT2D eigenvalue weighted by atomic mass is 35.5. The minimum absolute atomic E-state index is 0.124. The molecular weight excluding hydrogens is 412 g/mol. The second-order valence-corrected chi connectivity index (χ2v) is 7.14. The van der Waals surface area contributed by atoms with Crippen molar-refractivity contribution in [3.63, 3.8) is 0 Å². The molecule has 30 heavy (non-hydrogen) atoms. The normalized spacial score (nSPS) is 16.9. The van der Waals surface area contributed by atoms with E-state index in [0.29, 0.717) is 40.0 Å². The molecule has 1 atom stereocenters. The van der Waals surface area contributed by atoms with Crippen molar-refractivity contribution < 1.29 is 33.3 Å². The van der Waals surface area contributed by atoms with Crippen molar-refractivity contribution in [2.75, 3.05) is 13.4 Å². The summed E-state index contributed by atoms with van der Waals surface area (Å²) in [6, 6.07) is 8.25. The zero-order chi connectivity index (χ0) is 21.3. The third kappa shape index (κ3) is 3.99. The number of esters is 1. The van der Waals surface area contributed by atoms with Crippen LogP contribution < -0.4 is 14.2 Å². The first-order chi connectivity index (χ1) is 14.5. The van der Waals surface area contributed by atoms with Gasteiger partial charge in [0.1, 0.15) is 17.2 Å². The van der Waals surface area contributed by atoms with Crippen LogP contribution in [0.2, 0.25) is 5.02 Å². The van der Waals surface area contributed by atoms with Crippen LogP contribution in [-0.4, -0.2) is 31.3 Å². The van der Waals surface area contributed by atoms with Crippen LogP contribution in [0.15, 0.2) is 36.1 Å². The third-order valence-electron chi connectivity index (χ3n) is 4.56. The van der Waals surface area contributed by atoms with Gasteiger partial charge in [-0.15, -0.1) is 0 Å². The summed E-state index contributed by atoms with van der Waals surface area (Å²) in [5, 5.41) is 0.501. The summed E-state index contributed by atoms with van der Waals surface area (Å²) in [7, 11) is 0. The molecule has 0 spiro atoms. The summed E-state index contributed by atoms with van der Waals surface area (Å²) in [5.41, 5.74) is 1.83. The summed E-state index contributed by atoms with van der Waals surface area (Å²) in [5.74, 6) is 0.753. The number of ether oxygens (including phenoxy) is 5. The summed E-state index contributed by atoms with van der Waals surface area (Å²) in [6.45, 7) is 4.09. The van der Waals surface area contributed by atoms with Crippen molar-refractivity contribution in [1.82, 2.24) is 0 Å². The van der Waals surface area contributed by atoms with Crippen LogP contribution in [0.1, 0.15) is 35.3 Å². The molecule has 0 fully saturated rings. The van der Waals surface area contributed by atoms with Crippen molar-refractivity contribution in [2.45, 2.75) is 26.6 Å². The monoisotopic (exact) mass is 430 g/mol. The number of halogens is 1. The molecule has 2 aromatic carbocycles. The van der Waals surface area contributed by atoms with Crippen LogP contribution in [0.3, 0.4) is 0 Å². The maximum absolute atomic E-state index is 12.8. The number of ketones is 1. The Bertz CT molecular complexity index is 1040. The summed E-state index contributed by atoms with van der Waals surface area (Å²) in [4.78, 5) is 24.5. The van der Waals surface area contributed by atoms with Crippen LogP contribution in [0.4, 0.5) is 0 Å². The van der Waals surface area contributed by atoms with Crippen molar-refractivity contribution in [3.05, 3.63) is 57.8 Å². The van der Waals surface area contributed by atoms with Crippen LogP contribution in [0.25, 0.3) is 6.08 Å². The largest absolute Gasteiger partial charge is 0.479 e. The molecule has 2 aliphatic heterocycles. The van der Waals surface area contributed by atoms with Crippen LogP contribution in [0.5, 0.6) is 17.2 Å². The number of Topliss-reactive ketones (excluding diaryl/α,β-unsaturated/α-hetero) is 1. The molecule has 2 heterocycles. The lowest BCUT2D eigenvalue weighted by Gasteiger charge is -2.20. The number of hydrogen-bond donors (Lipinski definition) is 0. The highest BCUT2D eigenvalue weighted by Gasteiger charge is 2.29. The smallest absolute Gasteiger partial charge is 0.347 e. The highest BCUT2D eigenvalue weighted by molar-refractivity contribution is 6.31. The first kappa shape index (κ1) is 20.3. The van der Waals surface area contributed by atoms with Gasteiger partial charge in [-0.05, 0) is 44.2 Å². The molecule has 0 amide bonds. The Balaban J connectivity index is 1.59. The van der Waals surface area contributed by atoms with E-state index in [0.717, 1.165) is 5.56 Å². The molecule has 8 heteroatoms. The lowest BCUT2D eigenvalue weighted by molar-refractivity contribution is -0.150. The molecule has 0 aromatic heterocycles. The number of fused-ring (bicyclic) bond motifs is 2. The Morgan fingerprint density at radius 2 is 2.13 bits per heavy atom. The average molecular weight is 431 g/mol. The summed E-state index contributed by atoms with van der Waals surface area (Å²) < 4.78 is 27.2. The molecule has 0 radical (unpaired) electrons. The zero-order valence-electron chi connectivity index (χ0n) is 16.4. The van der Waals surface area contributed by atoms with E-state index in [1.165, 1.54) is 0 Å². The molecule has 0 saturated carbocycles. The number of carbonyl (C=O) groups excluding carboxylic acids is 2. The molecule has 156 valence electrons. The zero-order valence-corrected chi connectivity index (χ0v) is 17.2. The van der Waals surface area contributed by atoms with Crippen molar-refractivity contribution in [1.29, 1.82) is 0 Å². The van der Waals surface area contributed by atoms with E-state index in [1.54, 1.807) is 50.3 Å². The van der Waals surface area contributed by atoms with Gasteiger partial charge in [0.2, 0.25) is 5.78 Å². The second-order valence-electron chi connectivity index (χ2n) is 6.70. The molecule has 7 nitrogen and oxygen atoms in total. The Hall–Kier alpha value is -3.03. The lowest BCUT2D eigenvalue weighted by Crippen LogP contribution is -2.26. The van der Waals surface area contributed by atoms with Crippen LogP contribution >= 0.6 is 11.6 Å². The fourth-order valence-corrected chi connectivity index (χ4v) is 3.46. The van der Waals surface area contributed by atoms with Gasteiger partial charge in [-0.3, -0.25) is 4.79 Å². The van der Waals surface area contributed by atoms with Gasteiger partial charge in [0.15, 0.2) is 18.7 Å². The number of allylic oxidation sites excluding steroid dienone is 1. The van der Waals surface area contributed by atoms with Gasteiger partial charge < -0.3 is 23.7 Å². The van der Waals surface area contributed by atoms with Gasteiger partial charge >= 0.3 is 5.97 Å². The highest BCUT2D eigenvalue weighted by Crippen LogP contribution is 2.38. The number of benzene rings is 2. The molecule has 0 bridgehead atoms. The third-order valence-corrected chi connectivity index (χ3v) is 4.78. The number of carbonyl (C=O) groups is 2. The number of rotatable bonds is 5. The Labute approximate surface area is 178 Å². The van der Waals surface area contributed by atoms with Gasteiger partial charge in [-0.2, -0.15) is 0 Å². The van der Waals surface area contributed by atoms with Gasteiger partial charge in [0, 0.05) is 22.2 Å². The molecule has 0 N–H and O–H groups in total. The fraction of sp³-hybridized carbons (Fsp3) is 0.273. The van der Waals surface area contributed by atoms with E-state index < -0.39 is 12.1 Å². The summed E-state index contributed by atoms with van der Waals surface area (Å²) >= 11 is 6.19. The Morgan fingerprint density at radius 3 is 2.93 bits per heavy atom. The van der Waals surface area contributed by atoms with Gasteiger partial charge in [0.05, 0.1) is 18.8 Å². The van der Waals surface area contributed by atoms with Crippen LogP contribution in [0, 0.1) is 0 Å². The van der Waals surface area contributed by atoms with E-state index in [1.807, 2.05) is 0 Å². The predicted molar refractivity (Wildman–Crippen MR) is 108 cm³/mol. The topological polar surface area (TPSA) is 80.3 Å². The maximum atomic E-state index is 12.8.